The van der Waals surface area contributed by atoms with Gasteiger partial charge in [0.2, 0.25) is 21.8 Å². The quantitative estimate of drug-likeness (QED) is 0.287. The minimum Gasteiger partial charge on any atom is -0.486 e. The monoisotopic (exact) mass is 730 g/mol. The Bertz CT molecular complexity index is 1700. The Labute approximate surface area is 297 Å². The fourth-order valence-corrected chi connectivity index (χ4v) is 8.05. The van der Waals surface area contributed by atoms with Gasteiger partial charge in [0.15, 0.2) is 11.5 Å². The maximum atomic E-state index is 14.3. The highest BCUT2D eigenvalue weighted by Crippen LogP contribution is 2.46. The number of amides is 4. The predicted molar refractivity (Wildman–Crippen MR) is 181 cm³/mol. The number of hydrogen-bond acceptors (Lipinski definition) is 11. The lowest BCUT2D eigenvalue weighted by atomic mass is 10.0. The van der Waals surface area contributed by atoms with E-state index in [4.69, 9.17) is 18.9 Å². The van der Waals surface area contributed by atoms with Crippen LogP contribution in [0.1, 0.15) is 88.9 Å². The van der Waals surface area contributed by atoms with Crippen LogP contribution < -0.4 is 24.8 Å². The normalized spacial score (nSPS) is 28.8. The number of nitrogens with zero attached hydrogens (tertiary/aromatic N) is 1. The van der Waals surface area contributed by atoms with Crippen molar-refractivity contribution >= 4 is 39.8 Å². The first-order valence-corrected chi connectivity index (χ1v) is 19.2. The number of carbonyl (C=O) groups is 5. The molecule has 0 radical (unpaired) electrons. The SMILES string of the molecule is CC(C)(C)OC(=O)N[C@H]1CCCCC/C=C\[C@H]2C[C@@]2(C(=O)NS(=O)(=O)C2CC2)NC(=O)[C@@H]2C[C@@H](OC(=O)c3ccc4c(c3)OCCO4)CN2C1=O. The van der Waals surface area contributed by atoms with Gasteiger partial charge in [0, 0.05) is 12.3 Å². The minimum absolute atomic E-state index is 0.106. The second kappa shape index (κ2) is 14.4. The number of allylic oxidation sites excluding steroid dienone is 1. The molecule has 3 heterocycles. The van der Waals surface area contributed by atoms with Crippen LogP contribution in [0.5, 0.6) is 11.5 Å². The maximum Gasteiger partial charge on any atom is 0.408 e. The van der Waals surface area contributed by atoms with Crippen LogP contribution in [0.2, 0.25) is 0 Å². The highest BCUT2D eigenvalue weighted by molar-refractivity contribution is 7.91. The average molecular weight is 731 g/mol. The summed E-state index contributed by atoms with van der Waals surface area (Å²) in [7, 11) is -3.91. The molecule has 5 atom stereocenters. The zero-order valence-corrected chi connectivity index (χ0v) is 29.9. The van der Waals surface area contributed by atoms with Crippen molar-refractivity contribution in [2.75, 3.05) is 19.8 Å². The van der Waals surface area contributed by atoms with Gasteiger partial charge >= 0.3 is 12.1 Å². The Morgan fingerprint density at radius 1 is 1.02 bits per heavy atom. The molecule has 1 saturated heterocycles. The second-order valence-electron chi connectivity index (χ2n) is 14.8. The minimum atomic E-state index is -3.91. The lowest BCUT2D eigenvalue weighted by molar-refractivity contribution is -0.141. The van der Waals surface area contributed by atoms with Crippen LogP contribution in [0.15, 0.2) is 30.4 Å². The van der Waals surface area contributed by atoms with Gasteiger partial charge in [0.05, 0.1) is 17.4 Å². The van der Waals surface area contributed by atoms with Gasteiger partial charge in [-0.2, -0.15) is 0 Å². The van der Waals surface area contributed by atoms with E-state index < -0.39 is 80.3 Å². The number of fused-ring (bicyclic) bond motifs is 3. The van der Waals surface area contributed by atoms with Crippen LogP contribution in [-0.2, 0) is 33.9 Å². The van der Waals surface area contributed by atoms with Crippen molar-refractivity contribution in [3.63, 3.8) is 0 Å². The summed E-state index contributed by atoms with van der Waals surface area (Å²) in [6.45, 7) is 5.64. The van der Waals surface area contributed by atoms with Gasteiger partial charge in [-0.15, -0.1) is 0 Å². The third-order valence-corrected chi connectivity index (χ3v) is 11.4. The number of nitrogens with one attached hydrogen (secondary N) is 3. The number of hydrogen-bond donors (Lipinski definition) is 3. The second-order valence-corrected chi connectivity index (χ2v) is 16.8. The summed E-state index contributed by atoms with van der Waals surface area (Å²) >= 11 is 0. The van der Waals surface area contributed by atoms with E-state index in [1.165, 1.54) is 17.0 Å². The molecule has 0 bridgehead atoms. The molecule has 5 aliphatic rings. The molecule has 3 N–H and O–H groups in total. The number of sulfonamides is 1. The average Bonchev–Trinajstić information content (AvgIpc) is 3.99. The van der Waals surface area contributed by atoms with E-state index in [2.05, 4.69) is 15.4 Å². The van der Waals surface area contributed by atoms with Crippen LogP contribution in [0.3, 0.4) is 0 Å². The molecule has 6 rings (SSSR count). The summed E-state index contributed by atoms with van der Waals surface area (Å²) in [4.78, 5) is 69.5. The van der Waals surface area contributed by atoms with Gasteiger partial charge in [-0.1, -0.05) is 25.0 Å². The van der Waals surface area contributed by atoms with Crippen LogP contribution in [0.4, 0.5) is 4.79 Å². The van der Waals surface area contributed by atoms with Gasteiger partial charge in [0.1, 0.15) is 42.5 Å². The van der Waals surface area contributed by atoms with Crippen molar-refractivity contribution in [3.05, 3.63) is 35.9 Å². The molecule has 15 nitrogen and oxygen atoms in total. The summed E-state index contributed by atoms with van der Waals surface area (Å²) in [6.07, 6.45) is 6.01. The first kappa shape index (κ1) is 36.5. The van der Waals surface area contributed by atoms with Crippen molar-refractivity contribution in [2.24, 2.45) is 5.92 Å². The largest absolute Gasteiger partial charge is 0.486 e. The molecule has 51 heavy (non-hydrogen) atoms. The number of alkyl carbamates (subject to hydrolysis) is 1. The molecule has 0 aromatic heterocycles. The molecule has 16 heteroatoms. The van der Waals surface area contributed by atoms with Crippen LogP contribution in [0.25, 0.3) is 0 Å². The smallest absolute Gasteiger partial charge is 0.408 e. The van der Waals surface area contributed by atoms with E-state index >= 15 is 0 Å². The van der Waals surface area contributed by atoms with Gasteiger partial charge in [-0.25, -0.2) is 18.0 Å². The first-order valence-electron chi connectivity index (χ1n) is 17.6. The third-order valence-electron chi connectivity index (χ3n) is 9.59. The van der Waals surface area contributed by atoms with E-state index in [1.54, 1.807) is 26.8 Å². The van der Waals surface area contributed by atoms with Gasteiger partial charge in [-0.05, 0) is 77.5 Å². The van der Waals surface area contributed by atoms with E-state index in [0.717, 1.165) is 12.8 Å². The topological polar surface area (TPSA) is 196 Å². The molecular weight excluding hydrogens is 684 g/mol. The molecule has 3 aliphatic heterocycles. The highest BCUT2D eigenvalue weighted by atomic mass is 32.2. The lowest BCUT2D eigenvalue weighted by Gasteiger charge is -2.30. The number of carbonyl (C=O) groups excluding carboxylic acids is 5. The van der Waals surface area contributed by atoms with Crippen molar-refractivity contribution < 1.29 is 51.3 Å². The maximum absolute atomic E-state index is 14.3. The highest BCUT2D eigenvalue weighted by Gasteiger charge is 2.62. The Balaban J connectivity index is 1.26. The Hall–Kier alpha value is -4.34. The van der Waals surface area contributed by atoms with Gasteiger partial charge < -0.3 is 34.5 Å². The van der Waals surface area contributed by atoms with Crippen LogP contribution in [0, 0.1) is 5.92 Å². The standard InChI is InChI=1S/C35H46N4O11S/c1-34(2,3)50-33(44)36-25-10-8-6-4-5-7-9-22-19-35(22,32(43)38-51(45,46)24-12-13-24)37-29(40)26-18-23(20-39(26)30(25)41)49-31(42)21-11-14-27-28(17-21)48-16-15-47-27/h7,9,11,14,17,22-26H,4-6,8,10,12-13,15-16,18-20H2,1-3H3,(H,36,44)(H,37,40)(H,38,43)/b9-7-/t22-,23+,25-,26-,35+/m0/s1. The summed E-state index contributed by atoms with van der Waals surface area (Å²) < 4.78 is 50.1. The molecule has 4 amide bonds. The van der Waals surface area contributed by atoms with Gasteiger partial charge in [0.25, 0.3) is 5.91 Å². The summed E-state index contributed by atoms with van der Waals surface area (Å²) in [5.41, 5.74) is -2.19. The lowest BCUT2D eigenvalue weighted by Crippen LogP contribution is -2.58. The van der Waals surface area contributed by atoms with Gasteiger partial charge in [-0.3, -0.25) is 19.1 Å². The summed E-state index contributed by atoms with van der Waals surface area (Å²) in [5, 5.41) is 4.82. The molecule has 2 aliphatic carbocycles. The summed E-state index contributed by atoms with van der Waals surface area (Å²) in [6, 6.07) is 2.36. The molecular formula is C35H46N4O11S. The number of benzene rings is 1. The number of rotatable bonds is 6. The zero-order valence-electron chi connectivity index (χ0n) is 29.1. The Morgan fingerprint density at radius 3 is 2.49 bits per heavy atom. The van der Waals surface area contributed by atoms with E-state index in [1.807, 2.05) is 12.2 Å². The van der Waals surface area contributed by atoms with Crippen molar-refractivity contribution in [1.82, 2.24) is 20.3 Å². The molecule has 1 aromatic carbocycles. The molecule has 1 aromatic rings. The summed E-state index contributed by atoms with van der Waals surface area (Å²) in [5.74, 6) is -2.40. The van der Waals surface area contributed by atoms with E-state index in [-0.39, 0.29) is 31.4 Å². The molecule has 2 saturated carbocycles. The van der Waals surface area contributed by atoms with Crippen molar-refractivity contribution in [3.8, 4) is 11.5 Å². The molecule has 278 valence electrons. The van der Waals surface area contributed by atoms with E-state index in [9.17, 15) is 32.4 Å². The predicted octanol–water partition coefficient (Wildman–Crippen LogP) is 2.48. The molecule has 0 spiro atoms. The first-order chi connectivity index (χ1) is 24.1. The van der Waals surface area contributed by atoms with E-state index in [0.29, 0.717) is 50.4 Å². The third kappa shape index (κ3) is 8.59. The van der Waals surface area contributed by atoms with Crippen LogP contribution in [-0.4, -0.2) is 97.4 Å². The molecule has 0 unspecified atom stereocenters. The number of ether oxygens (including phenoxy) is 4. The molecule has 3 fully saturated rings. The Morgan fingerprint density at radius 2 is 1.76 bits per heavy atom. The fourth-order valence-electron chi connectivity index (χ4n) is 6.69. The zero-order chi connectivity index (χ0) is 36.6. The van der Waals surface area contributed by atoms with Crippen molar-refractivity contribution in [2.45, 2.75) is 113 Å². The number of esters is 1. The fraction of sp³-hybridized carbons (Fsp3) is 0.629. The van der Waals surface area contributed by atoms with Crippen molar-refractivity contribution in [1.29, 1.82) is 0 Å². The Kier molecular flexibility index (Phi) is 10.3. The van der Waals surface area contributed by atoms with Crippen LogP contribution >= 0.6 is 0 Å².